The van der Waals surface area contributed by atoms with Crippen molar-refractivity contribution in [1.82, 2.24) is 5.32 Å². The molecule has 1 amide bonds. The molecule has 0 atom stereocenters. The molecule has 1 heterocycles. The van der Waals surface area contributed by atoms with Crippen LogP contribution < -0.4 is 10.6 Å². The molecule has 0 bridgehead atoms. The minimum Gasteiger partial charge on any atom is -0.349 e. The first-order chi connectivity index (χ1) is 14.6. The molecule has 3 rings (SSSR count). The van der Waals surface area contributed by atoms with Gasteiger partial charge in [0.05, 0.1) is 11.6 Å². The number of carbonyl (C=O) groups is 1. The van der Waals surface area contributed by atoms with Gasteiger partial charge in [0.1, 0.15) is 11.6 Å². The molecule has 2 N–H and O–H groups in total. The van der Waals surface area contributed by atoms with Gasteiger partial charge in [-0.15, -0.1) is 23.1 Å². The molecule has 0 spiro atoms. The Kier molecular flexibility index (Phi) is 7.97. The highest BCUT2D eigenvalue weighted by Gasteiger charge is 2.17. The van der Waals surface area contributed by atoms with Crippen molar-refractivity contribution in [3.8, 4) is 6.07 Å². The maximum Gasteiger partial charge on any atom is 0.264 e. The molecule has 4 nitrogen and oxygen atoms in total. The van der Waals surface area contributed by atoms with Crippen LogP contribution in [0.4, 0.5) is 5.69 Å². The zero-order valence-electron chi connectivity index (χ0n) is 16.3. The molecule has 0 aliphatic carbocycles. The maximum absolute atomic E-state index is 12.8. The number of rotatable bonds is 8. The van der Waals surface area contributed by atoms with Crippen LogP contribution in [-0.2, 0) is 17.1 Å². The Morgan fingerprint density at radius 2 is 1.90 bits per heavy atom. The van der Waals surface area contributed by atoms with Gasteiger partial charge in [-0.3, -0.25) is 4.79 Å². The Bertz CT molecular complexity index is 1070. The van der Waals surface area contributed by atoms with Crippen LogP contribution in [-0.4, -0.2) is 5.91 Å². The summed E-state index contributed by atoms with van der Waals surface area (Å²) in [5, 5.41) is 19.0. The largest absolute Gasteiger partial charge is 0.349 e. The number of benzene rings is 2. The summed E-state index contributed by atoms with van der Waals surface area (Å²) in [5.41, 5.74) is 2.99. The van der Waals surface area contributed by atoms with E-state index in [1.165, 1.54) is 11.8 Å². The molecule has 30 heavy (non-hydrogen) atoms. The van der Waals surface area contributed by atoms with Crippen molar-refractivity contribution in [2.24, 2.45) is 0 Å². The minimum absolute atomic E-state index is 0.0637. The van der Waals surface area contributed by atoms with Gasteiger partial charge in [-0.2, -0.15) is 5.26 Å². The number of nitrogens with one attached hydrogen (secondary N) is 2. The Hall–Kier alpha value is -2.72. The number of halogens is 1. The predicted molar refractivity (Wildman–Crippen MR) is 126 cm³/mol. The number of hydrogen-bond acceptors (Lipinski definition) is 5. The van der Waals surface area contributed by atoms with Gasteiger partial charge in [0.25, 0.3) is 5.91 Å². The summed E-state index contributed by atoms with van der Waals surface area (Å²) in [6, 6.07) is 21.3. The third kappa shape index (κ3) is 6.14. The molecule has 3 aromatic rings. The molecule has 0 unspecified atom stereocenters. The van der Waals surface area contributed by atoms with E-state index >= 15 is 0 Å². The second-order valence-electron chi connectivity index (χ2n) is 6.43. The van der Waals surface area contributed by atoms with Gasteiger partial charge in [-0.1, -0.05) is 48.0 Å². The number of aryl methyl sites for hydroxylation is 1. The van der Waals surface area contributed by atoms with E-state index in [2.05, 4.69) is 16.7 Å². The van der Waals surface area contributed by atoms with Crippen molar-refractivity contribution in [3.05, 3.63) is 97.7 Å². The number of nitriles is 1. The van der Waals surface area contributed by atoms with E-state index in [0.717, 1.165) is 21.7 Å². The lowest BCUT2D eigenvalue weighted by Gasteiger charge is -2.15. The van der Waals surface area contributed by atoms with Crippen LogP contribution >= 0.6 is 34.7 Å². The number of para-hydroxylation sites is 1. The summed E-state index contributed by atoms with van der Waals surface area (Å²) in [6.45, 7) is 2.37. The van der Waals surface area contributed by atoms with Crippen molar-refractivity contribution >= 4 is 46.3 Å². The van der Waals surface area contributed by atoms with Crippen molar-refractivity contribution in [3.63, 3.8) is 0 Å². The molecule has 0 fully saturated rings. The highest BCUT2D eigenvalue weighted by Crippen LogP contribution is 2.28. The first kappa shape index (κ1) is 22.0. The van der Waals surface area contributed by atoms with Gasteiger partial charge in [-0.05, 0) is 47.7 Å². The lowest BCUT2D eigenvalue weighted by Crippen LogP contribution is -2.25. The summed E-state index contributed by atoms with van der Waals surface area (Å²) in [7, 11) is 0. The van der Waals surface area contributed by atoms with E-state index in [9.17, 15) is 10.1 Å². The van der Waals surface area contributed by atoms with Crippen LogP contribution in [0, 0.1) is 18.3 Å². The summed E-state index contributed by atoms with van der Waals surface area (Å²) in [5.74, 6) is 0.194. The summed E-state index contributed by atoms with van der Waals surface area (Å²) < 4.78 is 0. The fourth-order valence-electron chi connectivity index (χ4n) is 2.62. The number of thioether (sulfide) groups is 1. The van der Waals surface area contributed by atoms with Gasteiger partial charge < -0.3 is 10.6 Å². The lowest BCUT2D eigenvalue weighted by atomic mass is 10.2. The lowest BCUT2D eigenvalue weighted by molar-refractivity contribution is -0.117. The summed E-state index contributed by atoms with van der Waals surface area (Å²) in [6.07, 6.45) is 0. The molecular weight excluding hydrogens is 434 g/mol. The number of anilines is 1. The molecule has 7 heteroatoms. The normalized spacial score (nSPS) is 11.4. The molecule has 0 aliphatic heterocycles. The highest BCUT2D eigenvalue weighted by atomic mass is 35.5. The molecule has 0 saturated carbocycles. The summed E-state index contributed by atoms with van der Waals surface area (Å²) >= 11 is 8.94. The first-order valence-electron chi connectivity index (χ1n) is 9.21. The van der Waals surface area contributed by atoms with Crippen LogP contribution in [0.3, 0.4) is 0 Å². The van der Waals surface area contributed by atoms with Gasteiger partial charge in [0, 0.05) is 21.3 Å². The number of thiophene rings is 1. The van der Waals surface area contributed by atoms with Crippen LogP contribution in [0.25, 0.3) is 0 Å². The second kappa shape index (κ2) is 10.9. The third-order valence-corrected chi connectivity index (χ3v) is 6.46. The Morgan fingerprint density at radius 3 is 2.57 bits per heavy atom. The number of hydrogen-bond donors (Lipinski definition) is 2. The van der Waals surface area contributed by atoms with Crippen molar-refractivity contribution in [2.75, 3.05) is 5.32 Å². The maximum atomic E-state index is 12.8. The van der Waals surface area contributed by atoms with E-state index in [1.54, 1.807) is 11.3 Å². The van der Waals surface area contributed by atoms with Crippen molar-refractivity contribution < 1.29 is 4.79 Å². The number of nitrogens with zero attached hydrogens (tertiary/aromatic N) is 1. The Balaban J connectivity index is 1.84. The Labute approximate surface area is 189 Å². The van der Waals surface area contributed by atoms with Crippen LogP contribution in [0.2, 0.25) is 5.02 Å². The number of carbonyl (C=O) groups excluding carboxylic acids is 1. The van der Waals surface area contributed by atoms with Gasteiger partial charge in [0.15, 0.2) is 0 Å². The molecule has 1 aromatic heterocycles. The average Bonchev–Trinajstić information content (AvgIpc) is 3.27. The second-order valence-corrected chi connectivity index (χ2v) is 8.89. The monoisotopic (exact) mass is 453 g/mol. The quantitative estimate of drug-likeness (QED) is 0.319. The number of amides is 1. The van der Waals surface area contributed by atoms with Crippen LogP contribution in [0.15, 0.2) is 76.6 Å². The Morgan fingerprint density at radius 1 is 1.13 bits per heavy atom. The molecule has 2 aromatic carbocycles. The fraction of sp³-hybridized carbons (Fsp3) is 0.130. The molecule has 152 valence electrons. The zero-order valence-corrected chi connectivity index (χ0v) is 18.7. The standard InChI is InChI=1S/C23H20ClN3OS2/c1-16-5-2-3-7-21(16)27-23(30-15-17-8-10-18(24)11-9-17)20(13-25)22(28)26-14-19-6-4-12-29-19/h2-12,27H,14-15H2,1H3,(H,26,28)/b23-20+. The van der Waals surface area contributed by atoms with E-state index in [0.29, 0.717) is 22.3 Å². The SMILES string of the molecule is Cc1ccccc1N/C(SCc1ccc(Cl)cc1)=C(/C#N)C(=O)NCc1cccs1. The summed E-state index contributed by atoms with van der Waals surface area (Å²) in [4.78, 5) is 13.8. The zero-order chi connectivity index (χ0) is 21.3. The van der Waals surface area contributed by atoms with E-state index in [-0.39, 0.29) is 5.57 Å². The van der Waals surface area contributed by atoms with E-state index in [4.69, 9.17) is 11.6 Å². The van der Waals surface area contributed by atoms with E-state index in [1.807, 2.05) is 73.0 Å². The fourth-order valence-corrected chi connectivity index (χ4v) is 4.35. The van der Waals surface area contributed by atoms with Crippen LogP contribution in [0.5, 0.6) is 0 Å². The van der Waals surface area contributed by atoms with Gasteiger partial charge >= 0.3 is 0 Å². The topological polar surface area (TPSA) is 64.9 Å². The molecule has 0 saturated heterocycles. The molecular formula is C23H20ClN3OS2. The molecule has 0 radical (unpaired) electrons. The highest BCUT2D eigenvalue weighted by molar-refractivity contribution is 8.02. The van der Waals surface area contributed by atoms with E-state index < -0.39 is 5.91 Å². The minimum atomic E-state index is -0.398. The molecule has 0 aliphatic rings. The average molecular weight is 454 g/mol. The van der Waals surface area contributed by atoms with Crippen molar-refractivity contribution in [1.29, 1.82) is 5.26 Å². The first-order valence-corrected chi connectivity index (χ1v) is 11.5. The smallest absolute Gasteiger partial charge is 0.264 e. The predicted octanol–water partition coefficient (Wildman–Crippen LogP) is 6.11. The van der Waals surface area contributed by atoms with Crippen LogP contribution in [0.1, 0.15) is 16.0 Å². The van der Waals surface area contributed by atoms with Gasteiger partial charge in [-0.25, -0.2) is 0 Å². The van der Waals surface area contributed by atoms with Gasteiger partial charge in [0.2, 0.25) is 0 Å². The third-order valence-electron chi connectivity index (χ3n) is 4.26. The van der Waals surface area contributed by atoms with Crippen molar-refractivity contribution in [2.45, 2.75) is 19.2 Å².